The van der Waals surface area contributed by atoms with Crippen LogP contribution < -0.4 is 10.1 Å². The van der Waals surface area contributed by atoms with Crippen molar-refractivity contribution in [2.45, 2.75) is 24.4 Å². The Hall–Kier alpha value is -1.76. The molecule has 0 aliphatic carbocycles. The van der Waals surface area contributed by atoms with Crippen LogP contribution in [-0.4, -0.2) is 110 Å². The number of rotatable bonds is 9. The summed E-state index contributed by atoms with van der Waals surface area (Å²) in [5, 5.41) is 22.0. The van der Waals surface area contributed by atoms with Gasteiger partial charge in [-0.2, -0.15) is 4.31 Å². The van der Waals surface area contributed by atoms with Gasteiger partial charge in [0.25, 0.3) is 0 Å². The van der Waals surface area contributed by atoms with Crippen molar-refractivity contribution in [2.24, 2.45) is 0 Å². The maximum absolute atomic E-state index is 13.5. The first-order chi connectivity index (χ1) is 14.9. The van der Waals surface area contributed by atoms with Crippen molar-refractivity contribution < 1.29 is 28.2 Å². The zero-order valence-electron chi connectivity index (χ0n) is 17.9. The van der Waals surface area contributed by atoms with Crippen LogP contribution in [0.5, 0.6) is 5.75 Å². The second-order valence-electron chi connectivity index (χ2n) is 7.71. The number of aliphatic hydroxyl groups is 1. The van der Waals surface area contributed by atoms with Crippen LogP contribution in [0.3, 0.4) is 0 Å². The van der Waals surface area contributed by atoms with Gasteiger partial charge in [0.05, 0.1) is 24.3 Å². The SMILES string of the molecule is CCCOc1ccc(S(=O)(=O)N2CCNCC2N2CCN(CCO)CC2)cc1C(=O)O. The molecular formula is C20H32N4O6S. The van der Waals surface area contributed by atoms with Crippen molar-refractivity contribution in [3.63, 3.8) is 0 Å². The van der Waals surface area contributed by atoms with Gasteiger partial charge in [0.1, 0.15) is 11.3 Å². The average molecular weight is 457 g/mol. The number of aromatic carboxylic acids is 1. The first-order valence-electron chi connectivity index (χ1n) is 10.7. The van der Waals surface area contributed by atoms with Crippen LogP contribution in [-0.2, 0) is 10.0 Å². The molecule has 2 aliphatic heterocycles. The van der Waals surface area contributed by atoms with Crippen LogP contribution >= 0.6 is 0 Å². The Bertz CT molecular complexity index is 857. The summed E-state index contributed by atoms with van der Waals surface area (Å²) in [7, 11) is -3.90. The molecule has 0 aromatic heterocycles. The fourth-order valence-electron chi connectivity index (χ4n) is 4.00. The summed E-state index contributed by atoms with van der Waals surface area (Å²) in [4.78, 5) is 16.0. The molecule has 174 valence electrons. The van der Waals surface area contributed by atoms with Gasteiger partial charge in [0, 0.05) is 52.4 Å². The fraction of sp³-hybridized carbons (Fsp3) is 0.650. The van der Waals surface area contributed by atoms with E-state index in [1.54, 1.807) is 0 Å². The molecule has 2 heterocycles. The predicted octanol–water partition coefficient (Wildman–Crippen LogP) is -0.296. The van der Waals surface area contributed by atoms with Gasteiger partial charge in [0.15, 0.2) is 0 Å². The molecule has 10 nitrogen and oxygen atoms in total. The Balaban J connectivity index is 1.83. The molecule has 3 N–H and O–H groups in total. The summed E-state index contributed by atoms with van der Waals surface area (Å²) in [5.41, 5.74) is -0.154. The molecule has 1 aromatic carbocycles. The minimum atomic E-state index is -3.90. The first kappa shape index (κ1) is 23.9. The van der Waals surface area contributed by atoms with Gasteiger partial charge < -0.3 is 20.3 Å². The number of hydrogen-bond acceptors (Lipinski definition) is 8. The van der Waals surface area contributed by atoms with E-state index >= 15 is 0 Å². The lowest BCUT2D eigenvalue weighted by Crippen LogP contribution is -2.63. The summed E-state index contributed by atoms with van der Waals surface area (Å²) < 4.78 is 34.0. The number of nitrogens with one attached hydrogen (secondary N) is 1. The van der Waals surface area contributed by atoms with Gasteiger partial charge in [-0.25, -0.2) is 13.2 Å². The van der Waals surface area contributed by atoms with Crippen LogP contribution in [0.1, 0.15) is 23.7 Å². The standard InChI is InChI=1S/C20H32N4O6S/c1-2-13-30-18-4-3-16(14-17(18)20(26)27)31(28,29)24-6-5-21-15-19(24)23-9-7-22(8-10-23)11-12-25/h3-4,14,19,21,25H,2,5-13,15H2,1H3,(H,26,27). The first-order valence-corrected chi connectivity index (χ1v) is 12.1. The zero-order valence-corrected chi connectivity index (χ0v) is 18.7. The number of carbonyl (C=O) groups is 1. The Labute approximate surface area is 183 Å². The number of aliphatic hydroxyl groups excluding tert-OH is 1. The molecule has 0 spiro atoms. The fourth-order valence-corrected chi connectivity index (χ4v) is 5.64. The summed E-state index contributed by atoms with van der Waals surface area (Å²) in [6.07, 6.45) is 0.368. The van der Waals surface area contributed by atoms with Crippen molar-refractivity contribution >= 4 is 16.0 Å². The number of ether oxygens (including phenoxy) is 1. The predicted molar refractivity (Wildman–Crippen MR) is 115 cm³/mol. The van der Waals surface area contributed by atoms with Gasteiger partial charge in [-0.3, -0.25) is 9.80 Å². The van der Waals surface area contributed by atoms with E-state index in [-0.39, 0.29) is 29.0 Å². The van der Waals surface area contributed by atoms with Crippen LogP contribution in [0.2, 0.25) is 0 Å². The number of piperazine rings is 2. The molecule has 0 bridgehead atoms. The summed E-state index contributed by atoms with van der Waals surface area (Å²) in [6.45, 7) is 7.24. The molecule has 3 rings (SSSR count). The molecule has 11 heteroatoms. The lowest BCUT2D eigenvalue weighted by Gasteiger charge is -2.45. The summed E-state index contributed by atoms with van der Waals surface area (Å²) >= 11 is 0. The third-order valence-corrected chi connectivity index (χ3v) is 7.56. The highest BCUT2D eigenvalue weighted by Crippen LogP contribution is 2.27. The van der Waals surface area contributed by atoms with E-state index in [0.717, 1.165) is 13.1 Å². The van der Waals surface area contributed by atoms with E-state index in [1.165, 1.54) is 22.5 Å². The van der Waals surface area contributed by atoms with Crippen LogP contribution in [0.25, 0.3) is 0 Å². The third kappa shape index (κ3) is 5.54. The second-order valence-corrected chi connectivity index (χ2v) is 9.60. The third-order valence-electron chi connectivity index (χ3n) is 5.66. The van der Waals surface area contributed by atoms with Gasteiger partial charge in [0.2, 0.25) is 10.0 Å². The minimum absolute atomic E-state index is 0.0421. The molecule has 1 unspecified atom stereocenters. The van der Waals surface area contributed by atoms with E-state index in [0.29, 0.717) is 52.3 Å². The Morgan fingerprint density at radius 2 is 1.97 bits per heavy atom. The van der Waals surface area contributed by atoms with E-state index in [1.807, 2.05) is 6.92 Å². The maximum Gasteiger partial charge on any atom is 0.339 e. The van der Waals surface area contributed by atoms with Crippen LogP contribution in [0, 0.1) is 0 Å². The number of sulfonamides is 1. The number of hydrogen-bond donors (Lipinski definition) is 3. The lowest BCUT2D eigenvalue weighted by molar-refractivity contribution is 0.0299. The minimum Gasteiger partial charge on any atom is -0.493 e. The van der Waals surface area contributed by atoms with Crippen molar-refractivity contribution in [2.75, 3.05) is 65.6 Å². The second kappa shape index (κ2) is 10.7. The molecule has 2 aliphatic rings. The van der Waals surface area contributed by atoms with E-state index in [2.05, 4.69) is 15.1 Å². The molecule has 1 atom stereocenters. The quantitative estimate of drug-likeness (QED) is 0.460. The van der Waals surface area contributed by atoms with Crippen molar-refractivity contribution in [1.29, 1.82) is 0 Å². The number of carboxylic acid groups (broad SMARTS) is 1. The molecule has 0 radical (unpaired) electrons. The number of carboxylic acids is 1. The molecule has 1 aromatic rings. The topological polar surface area (TPSA) is 123 Å². The largest absolute Gasteiger partial charge is 0.493 e. The molecule has 2 fully saturated rings. The van der Waals surface area contributed by atoms with Gasteiger partial charge in [-0.15, -0.1) is 0 Å². The highest BCUT2D eigenvalue weighted by atomic mass is 32.2. The van der Waals surface area contributed by atoms with E-state index < -0.39 is 16.0 Å². The van der Waals surface area contributed by atoms with Crippen molar-refractivity contribution in [3.8, 4) is 5.75 Å². The van der Waals surface area contributed by atoms with Crippen LogP contribution in [0.4, 0.5) is 0 Å². The Morgan fingerprint density at radius 1 is 1.23 bits per heavy atom. The molecule has 0 amide bonds. The molecule has 2 saturated heterocycles. The zero-order chi connectivity index (χ0) is 22.4. The number of benzene rings is 1. The Kier molecular flexibility index (Phi) is 8.25. The number of β-amino-alcohol motifs (C(OH)–C–C–N with tert-alkyl or cyclic N) is 1. The Morgan fingerprint density at radius 3 is 2.61 bits per heavy atom. The molecule has 31 heavy (non-hydrogen) atoms. The highest BCUT2D eigenvalue weighted by molar-refractivity contribution is 7.89. The average Bonchev–Trinajstić information content (AvgIpc) is 2.78. The molecule has 0 saturated carbocycles. The normalized spacial score (nSPS) is 21.8. The van der Waals surface area contributed by atoms with Crippen LogP contribution in [0.15, 0.2) is 23.1 Å². The van der Waals surface area contributed by atoms with Gasteiger partial charge in [-0.1, -0.05) is 6.92 Å². The highest BCUT2D eigenvalue weighted by Gasteiger charge is 2.38. The van der Waals surface area contributed by atoms with Crippen molar-refractivity contribution in [1.82, 2.24) is 19.4 Å². The van der Waals surface area contributed by atoms with Crippen molar-refractivity contribution in [3.05, 3.63) is 23.8 Å². The lowest BCUT2D eigenvalue weighted by atomic mass is 10.2. The van der Waals surface area contributed by atoms with E-state index in [4.69, 9.17) is 9.84 Å². The summed E-state index contributed by atoms with van der Waals surface area (Å²) in [6, 6.07) is 4.04. The van der Waals surface area contributed by atoms with E-state index in [9.17, 15) is 18.3 Å². The smallest absolute Gasteiger partial charge is 0.339 e. The van der Waals surface area contributed by atoms with Gasteiger partial charge >= 0.3 is 5.97 Å². The summed E-state index contributed by atoms with van der Waals surface area (Å²) in [5.74, 6) is -1.05. The maximum atomic E-state index is 13.5. The monoisotopic (exact) mass is 456 g/mol. The van der Waals surface area contributed by atoms with Gasteiger partial charge in [-0.05, 0) is 24.6 Å². The number of nitrogens with zero attached hydrogens (tertiary/aromatic N) is 3. The molecular weight excluding hydrogens is 424 g/mol.